The van der Waals surface area contributed by atoms with E-state index < -0.39 is 11.6 Å². The number of Topliss-reactive ketones (excluding diaryl/α,β-unsaturated/α-hetero) is 1. The Labute approximate surface area is 98.6 Å². The highest BCUT2D eigenvalue weighted by Gasteiger charge is 2.28. The Hall–Kier alpha value is -1.29. The van der Waals surface area contributed by atoms with Crippen molar-refractivity contribution in [3.8, 4) is 0 Å². The summed E-state index contributed by atoms with van der Waals surface area (Å²) in [7, 11) is 0. The summed E-state index contributed by atoms with van der Waals surface area (Å²) in [6.07, 6.45) is 0.668. The Kier molecular flexibility index (Phi) is 3.52. The molecule has 2 nitrogen and oxygen atoms in total. The fourth-order valence-electron chi connectivity index (χ4n) is 2.06. The van der Waals surface area contributed by atoms with Crippen molar-refractivity contribution in [2.45, 2.75) is 25.9 Å². The molecule has 1 aliphatic rings. The first kappa shape index (κ1) is 12.2. The van der Waals surface area contributed by atoms with E-state index in [0.29, 0.717) is 13.0 Å². The number of halogens is 2. The summed E-state index contributed by atoms with van der Waals surface area (Å²) >= 11 is 0. The van der Waals surface area contributed by atoms with Gasteiger partial charge >= 0.3 is 0 Å². The van der Waals surface area contributed by atoms with Crippen LogP contribution in [0, 0.1) is 17.6 Å². The van der Waals surface area contributed by atoms with Crippen LogP contribution in [0.4, 0.5) is 8.78 Å². The quantitative estimate of drug-likeness (QED) is 0.811. The lowest BCUT2D eigenvalue weighted by molar-refractivity contribution is -0.122. The standard InChI is InChI=1S/C13H14F2O2/c1-8-5-10(7-17-8)12(16)6-9-3-2-4-11(14)13(9)15/h2-4,8,10H,5-7H2,1H3. The van der Waals surface area contributed by atoms with E-state index in [1.54, 1.807) is 0 Å². The number of hydrogen-bond donors (Lipinski definition) is 0. The molecule has 0 aromatic heterocycles. The maximum absolute atomic E-state index is 13.4. The molecule has 4 heteroatoms. The predicted octanol–water partition coefficient (Wildman–Crippen LogP) is 2.50. The van der Waals surface area contributed by atoms with Gasteiger partial charge in [-0.2, -0.15) is 0 Å². The molecule has 0 amide bonds. The van der Waals surface area contributed by atoms with E-state index in [4.69, 9.17) is 4.74 Å². The van der Waals surface area contributed by atoms with Crippen molar-refractivity contribution in [3.05, 3.63) is 35.4 Å². The van der Waals surface area contributed by atoms with Crippen LogP contribution in [0.3, 0.4) is 0 Å². The first-order chi connectivity index (χ1) is 8.08. The fourth-order valence-corrected chi connectivity index (χ4v) is 2.06. The van der Waals surface area contributed by atoms with Gasteiger partial charge in [0, 0.05) is 12.3 Å². The van der Waals surface area contributed by atoms with Gasteiger partial charge in [0.25, 0.3) is 0 Å². The molecule has 92 valence electrons. The fraction of sp³-hybridized carbons (Fsp3) is 0.462. The zero-order chi connectivity index (χ0) is 12.4. The van der Waals surface area contributed by atoms with E-state index in [1.165, 1.54) is 12.1 Å². The summed E-state index contributed by atoms with van der Waals surface area (Å²) in [5, 5.41) is 0. The minimum absolute atomic E-state index is 0.0651. The lowest BCUT2D eigenvalue weighted by atomic mass is 9.95. The summed E-state index contributed by atoms with van der Waals surface area (Å²) in [6, 6.07) is 3.90. The molecule has 0 radical (unpaired) electrons. The molecule has 1 fully saturated rings. The van der Waals surface area contributed by atoms with E-state index in [2.05, 4.69) is 0 Å². The van der Waals surface area contributed by atoms with E-state index in [9.17, 15) is 13.6 Å². The number of rotatable bonds is 3. The zero-order valence-electron chi connectivity index (χ0n) is 9.58. The molecule has 0 N–H and O–H groups in total. The Balaban J connectivity index is 2.06. The van der Waals surface area contributed by atoms with Crippen LogP contribution < -0.4 is 0 Å². The van der Waals surface area contributed by atoms with Crippen LogP contribution in [0.15, 0.2) is 18.2 Å². The number of ketones is 1. The number of carbonyl (C=O) groups is 1. The van der Waals surface area contributed by atoms with E-state index >= 15 is 0 Å². The molecular formula is C13H14F2O2. The Morgan fingerprint density at radius 2 is 2.24 bits per heavy atom. The summed E-state index contributed by atoms with van der Waals surface area (Å²) in [6.45, 7) is 2.28. The van der Waals surface area contributed by atoms with Gasteiger partial charge in [-0.25, -0.2) is 8.78 Å². The molecule has 0 bridgehead atoms. The highest BCUT2D eigenvalue weighted by molar-refractivity contribution is 5.83. The van der Waals surface area contributed by atoms with Gasteiger partial charge in [-0.3, -0.25) is 4.79 Å². The maximum Gasteiger partial charge on any atom is 0.162 e. The number of carbonyl (C=O) groups excluding carboxylic acids is 1. The van der Waals surface area contributed by atoms with Crippen LogP contribution in [0.1, 0.15) is 18.9 Å². The summed E-state index contributed by atoms with van der Waals surface area (Å²) in [4.78, 5) is 11.9. The minimum atomic E-state index is -0.923. The SMILES string of the molecule is CC1CC(C(=O)Cc2cccc(F)c2F)CO1. The highest BCUT2D eigenvalue weighted by Crippen LogP contribution is 2.22. The van der Waals surface area contributed by atoms with Gasteiger partial charge in [-0.05, 0) is 25.0 Å². The minimum Gasteiger partial charge on any atom is -0.378 e. The van der Waals surface area contributed by atoms with Gasteiger partial charge in [-0.1, -0.05) is 12.1 Å². The third kappa shape index (κ3) is 2.69. The van der Waals surface area contributed by atoms with Crippen molar-refractivity contribution < 1.29 is 18.3 Å². The van der Waals surface area contributed by atoms with Crippen molar-refractivity contribution in [2.24, 2.45) is 5.92 Å². The zero-order valence-corrected chi connectivity index (χ0v) is 9.58. The maximum atomic E-state index is 13.4. The van der Waals surface area contributed by atoms with Crippen LogP contribution in [0.25, 0.3) is 0 Å². The normalized spacial score (nSPS) is 23.9. The number of hydrogen-bond acceptors (Lipinski definition) is 2. The van der Waals surface area contributed by atoms with Crippen LogP contribution in [-0.2, 0) is 16.0 Å². The topological polar surface area (TPSA) is 26.3 Å². The third-order valence-corrected chi connectivity index (χ3v) is 3.05. The molecule has 2 rings (SSSR count). The molecule has 1 saturated heterocycles. The molecule has 2 unspecified atom stereocenters. The van der Waals surface area contributed by atoms with Crippen molar-refractivity contribution in [1.29, 1.82) is 0 Å². The van der Waals surface area contributed by atoms with E-state index in [0.717, 1.165) is 6.07 Å². The smallest absolute Gasteiger partial charge is 0.162 e. The van der Waals surface area contributed by atoms with Crippen LogP contribution in [0.2, 0.25) is 0 Å². The highest BCUT2D eigenvalue weighted by atomic mass is 19.2. The second-order valence-corrected chi connectivity index (χ2v) is 4.43. The largest absolute Gasteiger partial charge is 0.378 e. The molecule has 17 heavy (non-hydrogen) atoms. The second-order valence-electron chi connectivity index (χ2n) is 4.43. The van der Waals surface area contributed by atoms with E-state index in [-0.39, 0.29) is 29.8 Å². The van der Waals surface area contributed by atoms with Crippen molar-refractivity contribution in [3.63, 3.8) is 0 Å². The number of benzene rings is 1. The Morgan fingerprint density at radius 3 is 2.88 bits per heavy atom. The van der Waals surface area contributed by atoms with Crippen molar-refractivity contribution >= 4 is 5.78 Å². The van der Waals surface area contributed by atoms with Gasteiger partial charge in [0.15, 0.2) is 11.6 Å². The molecule has 0 spiro atoms. The Morgan fingerprint density at radius 1 is 1.47 bits per heavy atom. The molecule has 1 aromatic rings. The summed E-state index contributed by atoms with van der Waals surface area (Å²) < 4.78 is 31.6. The Bertz CT molecular complexity index is 431. The van der Waals surface area contributed by atoms with Crippen molar-refractivity contribution in [1.82, 2.24) is 0 Å². The lowest BCUT2D eigenvalue weighted by Gasteiger charge is -2.07. The molecule has 1 heterocycles. The molecular weight excluding hydrogens is 226 g/mol. The lowest BCUT2D eigenvalue weighted by Crippen LogP contribution is -2.17. The second kappa shape index (κ2) is 4.92. The first-order valence-corrected chi connectivity index (χ1v) is 5.65. The summed E-state index contributed by atoms with van der Waals surface area (Å²) in [5.74, 6) is -2.11. The molecule has 0 saturated carbocycles. The van der Waals surface area contributed by atoms with Gasteiger partial charge in [0.05, 0.1) is 12.7 Å². The predicted molar refractivity (Wildman–Crippen MR) is 58.6 cm³/mol. The number of ether oxygens (including phenoxy) is 1. The summed E-state index contributed by atoms with van der Waals surface area (Å²) in [5.41, 5.74) is 0.120. The van der Waals surface area contributed by atoms with Crippen molar-refractivity contribution in [2.75, 3.05) is 6.61 Å². The monoisotopic (exact) mass is 240 g/mol. The van der Waals surface area contributed by atoms with Gasteiger partial charge < -0.3 is 4.74 Å². The first-order valence-electron chi connectivity index (χ1n) is 5.65. The molecule has 1 aliphatic heterocycles. The third-order valence-electron chi connectivity index (χ3n) is 3.05. The average Bonchev–Trinajstić information content (AvgIpc) is 2.72. The van der Waals surface area contributed by atoms with Gasteiger partial charge in [0.1, 0.15) is 5.78 Å². The van der Waals surface area contributed by atoms with Crippen LogP contribution in [-0.4, -0.2) is 18.5 Å². The van der Waals surface area contributed by atoms with E-state index in [1.807, 2.05) is 6.92 Å². The molecule has 2 atom stereocenters. The van der Waals surface area contributed by atoms with Crippen LogP contribution in [0.5, 0.6) is 0 Å². The molecule has 0 aliphatic carbocycles. The van der Waals surface area contributed by atoms with Gasteiger partial charge in [-0.15, -0.1) is 0 Å². The van der Waals surface area contributed by atoms with Crippen LogP contribution >= 0.6 is 0 Å². The van der Waals surface area contributed by atoms with Gasteiger partial charge in [0.2, 0.25) is 0 Å². The average molecular weight is 240 g/mol. The molecule has 1 aromatic carbocycles.